The molecular weight excluding hydrogens is 332 g/mol. The number of rotatable bonds is 4. The van der Waals surface area contributed by atoms with Crippen LogP contribution in [0.1, 0.15) is 22.8 Å². The molecule has 0 fully saturated rings. The lowest BCUT2D eigenvalue weighted by Gasteiger charge is -2.29. The van der Waals surface area contributed by atoms with E-state index in [4.69, 9.17) is 5.73 Å². The van der Waals surface area contributed by atoms with Gasteiger partial charge in [-0.25, -0.2) is 0 Å². The van der Waals surface area contributed by atoms with Gasteiger partial charge in [-0.2, -0.15) is 0 Å². The number of carbonyl (C=O) groups is 1. The molecule has 0 saturated carbocycles. The van der Waals surface area contributed by atoms with Crippen LogP contribution in [0.3, 0.4) is 0 Å². The molecule has 0 saturated heterocycles. The summed E-state index contributed by atoms with van der Waals surface area (Å²) in [5, 5.41) is 12.6. The molecule has 2 aromatic rings. The third-order valence-electron chi connectivity index (χ3n) is 3.35. The minimum atomic E-state index is -0.859. The molecule has 1 amide bonds. The molecule has 2 aromatic carbocycles. The highest BCUT2D eigenvalue weighted by molar-refractivity contribution is 9.10. The first-order chi connectivity index (χ1) is 9.96. The van der Waals surface area contributed by atoms with E-state index in [1.54, 1.807) is 25.1 Å². The topological polar surface area (TPSA) is 75.3 Å². The molecule has 0 heterocycles. The molecular formula is C16H17BrN2O2. The van der Waals surface area contributed by atoms with E-state index >= 15 is 0 Å². The van der Waals surface area contributed by atoms with Gasteiger partial charge in [0.1, 0.15) is 0 Å². The Labute approximate surface area is 132 Å². The van der Waals surface area contributed by atoms with Crippen molar-refractivity contribution in [3.63, 3.8) is 0 Å². The summed E-state index contributed by atoms with van der Waals surface area (Å²) in [5.41, 5.74) is 6.64. The number of amides is 1. The number of aliphatic hydroxyl groups is 1. The largest absolute Gasteiger partial charge is 0.399 e. The van der Waals surface area contributed by atoms with Crippen LogP contribution in [0, 0.1) is 0 Å². The number of carbonyl (C=O) groups excluding carboxylic acids is 1. The number of hydrogen-bond donors (Lipinski definition) is 3. The molecule has 0 aliphatic heterocycles. The molecule has 21 heavy (non-hydrogen) atoms. The summed E-state index contributed by atoms with van der Waals surface area (Å²) in [6, 6.07) is 14.4. The molecule has 4 N–H and O–H groups in total. The van der Waals surface area contributed by atoms with Crippen molar-refractivity contribution in [2.75, 3.05) is 12.3 Å². The fraction of sp³-hybridized carbons (Fsp3) is 0.188. The van der Waals surface area contributed by atoms with Gasteiger partial charge in [0.15, 0.2) is 0 Å². The monoisotopic (exact) mass is 348 g/mol. The van der Waals surface area contributed by atoms with Gasteiger partial charge in [0.2, 0.25) is 0 Å². The smallest absolute Gasteiger partial charge is 0.253 e. The second-order valence-corrected chi connectivity index (χ2v) is 5.90. The van der Waals surface area contributed by atoms with Gasteiger partial charge in [0.05, 0.1) is 17.7 Å². The minimum Gasteiger partial charge on any atom is -0.399 e. The van der Waals surface area contributed by atoms with E-state index in [0.717, 1.165) is 5.56 Å². The van der Waals surface area contributed by atoms with Crippen molar-refractivity contribution in [3.8, 4) is 0 Å². The molecule has 110 valence electrons. The fourth-order valence-electron chi connectivity index (χ4n) is 2.04. The van der Waals surface area contributed by atoms with E-state index in [1.807, 2.05) is 30.3 Å². The Hall–Kier alpha value is -1.85. The number of halogens is 1. The van der Waals surface area contributed by atoms with Gasteiger partial charge in [0, 0.05) is 10.2 Å². The van der Waals surface area contributed by atoms with Crippen molar-refractivity contribution >= 4 is 27.5 Å². The quantitative estimate of drug-likeness (QED) is 0.743. The zero-order valence-electron chi connectivity index (χ0n) is 11.6. The van der Waals surface area contributed by atoms with E-state index in [1.165, 1.54) is 0 Å². The summed E-state index contributed by atoms with van der Waals surface area (Å²) in [4.78, 5) is 12.5. The van der Waals surface area contributed by atoms with Gasteiger partial charge in [-0.3, -0.25) is 4.79 Å². The second kappa shape index (κ2) is 6.28. The highest BCUT2D eigenvalue weighted by Crippen LogP contribution is 2.24. The van der Waals surface area contributed by atoms with Crippen LogP contribution in [-0.2, 0) is 5.54 Å². The van der Waals surface area contributed by atoms with Gasteiger partial charge in [-0.15, -0.1) is 0 Å². The summed E-state index contributed by atoms with van der Waals surface area (Å²) in [7, 11) is 0. The number of benzene rings is 2. The molecule has 0 aliphatic carbocycles. The lowest BCUT2D eigenvalue weighted by Crippen LogP contribution is -2.46. The number of nitrogen functional groups attached to an aromatic ring is 1. The Bertz CT molecular complexity index is 646. The van der Waals surface area contributed by atoms with Crippen molar-refractivity contribution in [2.24, 2.45) is 0 Å². The zero-order chi connectivity index (χ0) is 15.5. The van der Waals surface area contributed by atoms with Crippen LogP contribution in [0.5, 0.6) is 0 Å². The lowest BCUT2D eigenvalue weighted by atomic mass is 9.92. The first-order valence-electron chi connectivity index (χ1n) is 6.50. The molecule has 0 bridgehead atoms. The standard InChI is InChI=1S/C16H17BrN2O2/c1-16(10-20,11-5-3-2-4-6-11)19-15(21)13-9-12(18)7-8-14(13)17/h2-9,20H,10,18H2,1H3,(H,19,21). The van der Waals surface area contributed by atoms with Crippen LogP contribution >= 0.6 is 15.9 Å². The summed E-state index contributed by atoms with van der Waals surface area (Å²) < 4.78 is 0.655. The number of anilines is 1. The van der Waals surface area contributed by atoms with Crippen molar-refractivity contribution in [3.05, 3.63) is 64.1 Å². The van der Waals surface area contributed by atoms with Crippen molar-refractivity contribution in [1.82, 2.24) is 5.32 Å². The summed E-state index contributed by atoms with van der Waals surface area (Å²) in [6.45, 7) is 1.57. The maximum absolute atomic E-state index is 12.5. The first-order valence-corrected chi connectivity index (χ1v) is 7.29. The normalized spacial score (nSPS) is 13.5. The average Bonchev–Trinajstić information content (AvgIpc) is 2.50. The maximum Gasteiger partial charge on any atom is 0.253 e. The van der Waals surface area contributed by atoms with E-state index < -0.39 is 5.54 Å². The predicted octanol–water partition coefficient (Wildman–Crippen LogP) is 2.67. The van der Waals surface area contributed by atoms with Crippen LogP contribution in [0.15, 0.2) is 53.0 Å². The Morgan fingerprint density at radius 2 is 1.95 bits per heavy atom. The number of aliphatic hydroxyl groups excluding tert-OH is 1. The molecule has 4 nitrogen and oxygen atoms in total. The molecule has 2 rings (SSSR count). The van der Waals surface area contributed by atoms with Crippen LogP contribution in [-0.4, -0.2) is 17.6 Å². The molecule has 0 spiro atoms. The van der Waals surface area contributed by atoms with Crippen LogP contribution in [0.2, 0.25) is 0 Å². The maximum atomic E-state index is 12.5. The summed E-state index contributed by atoms with van der Waals surface area (Å²) in [6.07, 6.45) is 0. The molecule has 0 radical (unpaired) electrons. The van der Waals surface area contributed by atoms with Gasteiger partial charge in [-0.1, -0.05) is 30.3 Å². The third kappa shape index (κ3) is 3.43. The fourth-order valence-corrected chi connectivity index (χ4v) is 2.47. The Morgan fingerprint density at radius 1 is 1.29 bits per heavy atom. The van der Waals surface area contributed by atoms with Crippen LogP contribution in [0.25, 0.3) is 0 Å². The highest BCUT2D eigenvalue weighted by Gasteiger charge is 2.28. The van der Waals surface area contributed by atoms with E-state index in [9.17, 15) is 9.90 Å². The van der Waals surface area contributed by atoms with Crippen molar-refractivity contribution in [2.45, 2.75) is 12.5 Å². The Balaban J connectivity index is 2.30. The van der Waals surface area contributed by atoms with Gasteiger partial charge in [-0.05, 0) is 46.6 Å². The lowest BCUT2D eigenvalue weighted by molar-refractivity contribution is 0.0849. The van der Waals surface area contributed by atoms with Crippen LogP contribution in [0.4, 0.5) is 5.69 Å². The zero-order valence-corrected chi connectivity index (χ0v) is 13.2. The predicted molar refractivity (Wildman–Crippen MR) is 86.9 cm³/mol. The van der Waals surface area contributed by atoms with E-state index in [0.29, 0.717) is 15.7 Å². The molecule has 0 aliphatic rings. The Morgan fingerprint density at radius 3 is 2.57 bits per heavy atom. The minimum absolute atomic E-state index is 0.206. The summed E-state index contributed by atoms with van der Waals surface area (Å²) in [5.74, 6) is -0.297. The highest BCUT2D eigenvalue weighted by atomic mass is 79.9. The van der Waals surface area contributed by atoms with Crippen LogP contribution < -0.4 is 11.1 Å². The number of nitrogens with one attached hydrogen (secondary N) is 1. The van der Waals surface area contributed by atoms with Crippen molar-refractivity contribution in [1.29, 1.82) is 0 Å². The molecule has 1 atom stereocenters. The van der Waals surface area contributed by atoms with Gasteiger partial charge < -0.3 is 16.2 Å². The van der Waals surface area contributed by atoms with Gasteiger partial charge in [0.25, 0.3) is 5.91 Å². The summed E-state index contributed by atoms with van der Waals surface area (Å²) >= 11 is 3.34. The van der Waals surface area contributed by atoms with Crippen molar-refractivity contribution < 1.29 is 9.90 Å². The number of nitrogens with two attached hydrogens (primary N) is 1. The molecule has 0 aromatic heterocycles. The second-order valence-electron chi connectivity index (χ2n) is 5.05. The van der Waals surface area contributed by atoms with E-state index in [-0.39, 0.29) is 12.5 Å². The van der Waals surface area contributed by atoms with E-state index in [2.05, 4.69) is 21.2 Å². The average molecular weight is 349 g/mol. The number of hydrogen-bond acceptors (Lipinski definition) is 3. The molecule has 1 unspecified atom stereocenters. The molecule has 5 heteroatoms. The Kier molecular flexibility index (Phi) is 4.65. The third-order valence-corrected chi connectivity index (χ3v) is 4.04. The van der Waals surface area contributed by atoms with Gasteiger partial charge >= 0.3 is 0 Å². The SMILES string of the molecule is CC(CO)(NC(=O)c1cc(N)ccc1Br)c1ccccc1. The first kappa shape index (κ1) is 15.5.